The Morgan fingerprint density at radius 3 is 2.18 bits per heavy atom. The van der Waals surface area contributed by atoms with Gasteiger partial charge >= 0.3 is 0 Å². The second-order valence-electron chi connectivity index (χ2n) is 1.73. The number of allylic oxidation sites excluding steroid dienone is 3. The van der Waals surface area contributed by atoms with E-state index in [-0.39, 0.29) is 12.2 Å². The molecule has 0 saturated heterocycles. The van der Waals surface area contributed by atoms with E-state index in [9.17, 15) is 0 Å². The molecule has 56 valence electrons. The number of rotatable bonds is 2. The SMILES string of the molecule is C/C=C(C#N)\C(C#N)=C/CO. The molecule has 3 heteroatoms. The summed E-state index contributed by atoms with van der Waals surface area (Å²) in [6.07, 6.45) is 2.84. The molecule has 0 aliphatic carbocycles. The maximum Gasteiger partial charge on any atom is 0.100 e. The minimum absolute atomic E-state index is 0.220. The van der Waals surface area contributed by atoms with E-state index in [1.165, 1.54) is 12.2 Å². The second-order valence-corrected chi connectivity index (χ2v) is 1.73. The monoisotopic (exact) mass is 148 g/mol. The van der Waals surface area contributed by atoms with Crippen LogP contribution in [0.5, 0.6) is 0 Å². The Bertz CT molecular complexity index is 263. The molecule has 11 heavy (non-hydrogen) atoms. The first kappa shape index (κ1) is 9.42. The van der Waals surface area contributed by atoms with Crippen LogP contribution in [0.4, 0.5) is 0 Å². The summed E-state index contributed by atoms with van der Waals surface area (Å²) in [4.78, 5) is 0. The summed E-state index contributed by atoms with van der Waals surface area (Å²) in [6, 6.07) is 3.66. The van der Waals surface area contributed by atoms with Gasteiger partial charge in [-0.3, -0.25) is 0 Å². The summed E-state index contributed by atoms with van der Waals surface area (Å²) in [5.41, 5.74) is 0.513. The number of aliphatic hydroxyl groups is 1. The molecular weight excluding hydrogens is 140 g/mol. The van der Waals surface area contributed by atoms with Crippen molar-refractivity contribution in [3.63, 3.8) is 0 Å². The molecule has 3 nitrogen and oxygen atoms in total. The van der Waals surface area contributed by atoms with Crippen LogP contribution < -0.4 is 0 Å². The van der Waals surface area contributed by atoms with Crippen LogP contribution in [0.2, 0.25) is 0 Å². The van der Waals surface area contributed by atoms with Crippen molar-refractivity contribution in [2.75, 3.05) is 6.61 Å². The second kappa shape index (κ2) is 5.22. The molecule has 0 amide bonds. The molecule has 0 aromatic heterocycles. The van der Waals surface area contributed by atoms with Crippen LogP contribution in [0, 0.1) is 22.7 Å². The van der Waals surface area contributed by atoms with Crippen molar-refractivity contribution in [1.82, 2.24) is 0 Å². The standard InChI is InChI=1S/C8H8N2O/c1-2-7(5-9)8(6-10)3-4-11/h2-3,11H,4H2,1H3/b7-2-,8-3-. The summed E-state index contributed by atoms with van der Waals surface area (Å²) in [6.45, 7) is 1.45. The fraction of sp³-hybridized carbons (Fsp3) is 0.250. The topological polar surface area (TPSA) is 67.8 Å². The van der Waals surface area contributed by atoms with Crippen molar-refractivity contribution in [3.05, 3.63) is 23.3 Å². The predicted molar refractivity (Wildman–Crippen MR) is 40.2 cm³/mol. The van der Waals surface area contributed by atoms with Gasteiger partial charge in [0.15, 0.2) is 0 Å². The molecule has 0 spiro atoms. The fourth-order valence-electron chi connectivity index (χ4n) is 0.587. The van der Waals surface area contributed by atoms with Crippen molar-refractivity contribution in [2.45, 2.75) is 6.92 Å². The molecule has 0 atom stereocenters. The molecule has 0 aromatic carbocycles. The third-order valence-corrected chi connectivity index (χ3v) is 1.12. The average Bonchev–Trinajstić information content (AvgIpc) is 2.05. The van der Waals surface area contributed by atoms with Crippen LogP contribution in [0.25, 0.3) is 0 Å². The predicted octanol–water partition coefficient (Wildman–Crippen LogP) is 0.899. The van der Waals surface area contributed by atoms with Crippen molar-refractivity contribution in [3.8, 4) is 12.1 Å². The van der Waals surface area contributed by atoms with E-state index in [1.807, 2.05) is 12.1 Å². The molecule has 0 saturated carbocycles. The number of hydrogen-bond donors (Lipinski definition) is 1. The number of nitrogens with zero attached hydrogens (tertiary/aromatic N) is 2. The molecule has 1 N–H and O–H groups in total. The molecule has 0 heterocycles. The highest BCUT2D eigenvalue weighted by Crippen LogP contribution is 2.06. The third-order valence-electron chi connectivity index (χ3n) is 1.12. The highest BCUT2D eigenvalue weighted by molar-refractivity contribution is 5.49. The molecule has 0 radical (unpaired) electrons. The molecule has 0 bridgehead atoms. The zero-order valence-electron chi connectivity index (χ0n) is 6.20. The Hall–Kier alpha value is -1.58. The number of hydrogen-bond acceptors (Lipinski definition) is 3. The van der Waals surface area contributed by atoms with Crippen molar-refractivity contribution >= 4 is 0 Å². The van der Waals surface area contributed by atoms with Gasteiger partial charge in [0.05, 0.1) is 17.8 Å². The van der Waals surface area contributed by atoms with E-state index >= 15 is 0 Å². The lowest BCUT2D eigenvalue weighted by molar-refractivity contribution is 0.342. The van der Waals surface area contributed by atoms with Gasteiger partial charge in [-0.2, -0.15) is 10.5 Å². The van der Waals surface area contributed by atoms with E-state index in [0.29, 0.717) is 5.57 Å². The van der Waals surface area contributed by atoms with E-state index in [2.05, 4.69) is 0 Å². The highest BCUT2D eigenvalue weighted by Gasteiger charge is 1.99. The summed E-state index contributed by atoms with van der Waals surface area (Å²) in [5.74, 6) is 0. The Labute approximate surface area is 65.5 Å². The van der Waals surface area contributed by atoms with Crippen LogP contribution in [-0.2, 0) is 0 Å². The lowest BCUT2D eigenvalue weighted by atomic mass is 10.1. The first-order chi connectivity index (χ1) is 5.29. The third kappa shape index (κ3) is 2.66. The van der Waals surface area contributed by atoms with Crippen LogP contribution in [0.3, 0.4) is 0 Å². The first-order valence-electron chi connectivity index (χ1n) is 3.08. The van der Waals surface area contributed by atoms with Crippen LogP contribution >= 0.6 is 0 Å². The summed E-state index contributed by atoms with van der Waals surface area (Å²) in [7, 11) is 0. The van der Waals surface area contributed by atoms with Crippen LogP contribution in [0.15, 0.2) is 23.3 Å². The summed E-state index contributed by atoms with van der Waals surface area (Å²) in [5, 5.41) is 25.4. The quantitative estimate of drug-likeness (QED) is 0.467. The van der Waals surface area contributed by atoms with Crippen LogP contribution in [0.1, 0.15) is 6.92 Å². The van der Waals surface area contributed by atoms with Gasteiger partial charge in [-0.15, -0.1) is 0 Å². The van der Waals surface area contributed by atoms with Crippen molar-refractivity contribution in [2.24, 2.45) is 0 Å². The minimum Gasteiger partial charge on any atom is -0.392 e. The van der Waals surface area contributed by atoms with E-state index < -0.39 is 0 Å². The molecule has 0 aromatic rings. The fourth-order valence-corrected chi connectivity index (χ4v) is 0.587. The van der Waals surface area contributed by atoms with Gasteiger partial charge < -0.3 is 5.11 Å². The van der Waals surface area contributed by atoms with Crippen molar-refractivity contribution < 1.29 is 5.11 Å². The summed E-state index contributed by atoms with van der Waals surface area (Å²) >= 11 is 0. The lowest BCUT2D eigenvalue weighted by Gasteiger charge is -1.90. The molecule has 0 aliphatic heterocycles. The maximum atomic E-state index is 8.47. The molecule has 0 rings (SSSR count). The zero-order chi connectivity index (χ0) is 8.69. The molecular formula is C8H8N2O. The molecule has 0 unspecified atom stereocenters. The largest absolute Gasteiger partial charge is 0.392 e. The Morgan fingerprint density at radius 2 is 1.91 bits per heavy atom. The minimum atomic E-state index is -0.220. The summed E-state index contributed by atoms with van der Waals surface area (Å²) < 4.78 is 0. The van der Waals surface area contributed by atoms with Crippen molar-refractivity contribution in [1.29, 1.82) is 10.5 Å². The number of nitriles is 2. The molecule has 0 fully saturated rings. The first-order valence-corrected chi connectivity index (χ1v) is 3.08. The number of aliphatic hydroxyl groups excluding tert-OH is 1. The van der Waals surface area contributed by atoms with E-state index in [0.717, 1.165) is 0 Å². The highest BCUT2D eigenvalue weighted by atomic mass is 16.2. The van der Waals surface area contributed by atoms with Gasteiger partial charge in [0.25, 0.3) is 0 Å². The smallest absolute Gasteiger partial charge is 0.100 e. The Morgan fingerprint density at radius 1 is 1.36 bits per heavy atom. The lowest BCUT2D eigenvalue weighted by Crippen LogP contribution is -1.85. The van der Waals surface area contributed by atoms with Crippen LogP contribution in [-0.4, -0.2) is 11.7 Å². The van der Waals surface area contributed by atoms with Gasteiger partial charge in [-0.05, 0) is 13.0 Å². The maximum absolute atomic E-state index is 8.47. The van der Waals surface area contributed by atoms with E-state index in [4.69, 9.17) is 15.6 Å². The Balaban J connectivity index is 4.71. The van der Waals surface area contributed by atoms with Gasteiger partial charge in [0.2, 0.25) is 0 Å². The van der Waals surface area contributed by atoms with Gasteiger partial charge in [0.1, 0.15) is 12.1 Å². The van der Waals surface area contributed by atoms with Gasteiger partial charge in [0, 0.05) is 0 Å². The Kier molecular flexibility index (Phi) is 4.47. The van der Waals surface area contributed by atoms with Gasteiger partial charge in [-0.1, -0.05) is 6.08 Å². The molecule has 0 aliphatic rings. The normalized spacial score (nSPS) is 12.0. The average molecular weight is 148 g/mol. The van der Waals surface area contributed by atoms with Gasteiger partial charge in [-0.25, -0.2) is 0 Å². The van der Waals surface area contributed by atoms with E-state index in [1.54, 1.807) is 6.92 Å². The zero-order valence-corrected chi connectivity index (χ0v) is 6.20.